The topological polar surface area (TPSA) is 107 Å². The predicted molar refractivity (Wildman–Crippen MR) is 114 cm³/mol. The molecule has 0 unspecified atom stereocenters. The van der Waals surface area contributed by atoms with Crippen molar-refractivity contribution in [3.8, 4) is 11.6 Å². The highest BCUT2D eigenvalue weighted by molar-refractivity contribution is 6.05. The number of carbonyl (C=O) groups is 3. The van der Waals surface area contributed by atoms with Crippen LogP contribution in [0.25, 0.3) is 0 Å². The number of pyridine rings is 1. The van der Waals surface area contributed by atoms with Gasteiger partial charge in [0.2, 0.25) is 11.8 Å². The maximum atomic E-state index is 12.7. The minimum absolute atomic E-state index is 0.100. The second kappa shape index (κ2) is 10.5. The number of aromatic nitrogens is 1. The van der Waals surface area contributed by atoms with Gasteiger partial charge >= 0.3 is 5.97 Å². The summed E-state index contributed by atoms with van der Waals surface area (Å²) in [5, 5.41) is 5.26. The summed E-state index contributed by atoms with van der Waals surface area (Å²) in [6.07, 6.45) is 1.65. The zero-order valence-electron chi connectivity index (χ0n) is 16.8. The average molecular weight is 419 g/mol. The summed E-state index contributed by atoms with van der Waals surface area (Å²) < 4.78 is 10.2. The summed E-state index contributed by atoms with van der Waals surface area (Å²) in [7, 11) is 1.25. The first kappa shape index (κ1) is 21.5. The molecule has 0 bridgehead atoms. The number of anilines is 1. The van der Waals surface area contributed by atoms with Gasteiger partial charge in [-0.1, -0.05) is 30.3 Å². The van der Waals surface area contributed by atoms with E-state index in [1.165, 1.54) is 7.11 Å². The van der Waals surface area contributed by atoms with Crippen LogP contribution in [0.4, 0.5) is 5.69 Å². The predicted octanol–water partition coefficient (Wildman–Crippen LogP) is 2.96. The van der Waals surface area contributed by atoms with Gasteiger partial charge in [0.1, 0.15) is 17.9 Å². The molecule has 0 fully saturated rings. The Balaban J connectivity index is 1.61. The number of ether oxygens (including phenoxy) is 2. The molecule has 158 valence electrons. The monoisotopic (exact) mass is 419 g/mol. The SMILES string of the molecule is COC(=O)CNC(=O)Cc1ccc(NC(=O)c2cccnc2Oc2ccccc2)cc1. The molecule has 0 radical (unpaired) electrons. The fourth-order valence-electron chi connectivity index (χ4n) is 2.64. The number of esters is 1. The van der Waals surface area contributed by atoms with Crippen molar-refractivity contribution in [1.82, 2.24) is 10.3 Å². The Morgan fingerprint density at radius 1 is 0.935 bits per heavy atom. The molecule has 31 heavy (non-hydrogen) atoms. The van der Waals surface area contributed by atoms with Crippen LogP contribution in [0, 0.1) is 0 Å². The molecular formula is C23H21N3O5. The van der Waals surface area contributed by atoms with E-state index in [0.717, 1.165) is 5.56 Å². The Hall–Kier alpha value is -4.20. The van der Waals surface area contributed by atoms with Gasteiger partial charge in [0.05, 0.1) is 13.5 Å². The standard InChI is InChI=1S/C23H21N3O5/c1-30-21(28)15-25-20(27)14-16-9-11-17(12-10-16)26-22(29)19-8-5-13-24-23(19)31-18-6-3-2-4-7-18/h2-13H,14-15H2,1H3,(H,25,27)(H,26,29). The summed E-state index contributed by atoms with van der Waals surface area (Å²) in [5.74, 6) is -0.421. The first-order chi connectivity index (χ1) is 15.0. The van der Waals surface area contributed by atoms with Crippen LogP contribution in [0.3, 0.4) is 0 Å². The van der Waals surface area contributed by atoms with Crippen LogP contribution in [0.2, 0.25) is 0 Å². The quantitative estimate of drug-likeness (QED) is 0.544. The van der Waals surface area contributed by atoms with Crippen molar-refractivity contribution in [3.05, 3.63) is 84.1 Å². The summed E-state index contributed by atoms with van der Waals surface area (Å²) in [6.45, 7) is -0.179. The third-order valence-corrected chi connectivity index (χ3v) is 4.21. The molecule has 0 aliphatic carbocycles. The van der Waals surface area contributed by atoms with E-state index < -0.39 is 5.97 Å². The van der Waals surface area contributed by atoms with E-state index in [4.69, 9.17) is 4.74 Å². The van der Waals surface area contributed by atoms with Crippen molar-refractivity contribution < 1.29 is 23.9 Å². The summed E-state index contributed by atoms with van der Waals surface area (Å²) >= 11 is 0. The number of rotatable bonds is 8. The lowest BCUT2D eigenvalue weighted by atomic mass is 10.1. The van der Waals surface area contributed by atoms with Crippen molar-refractivity contribution in [1.29, 1.82) is 0 Å². The lowest BCUT2D eigenvalue weighted by Gasteiger charge is -2.11. The second-order valence-electron chi connectivity index (χ2n) is 6.45. The molecule has 0 spiro atoms. The Labute approximate surface area is 179 Å². The second-order valence-corrected chi connectivity index (χ2v) is 6.45. The number of nitrogens with one attached hydrogen (secondary N) is 2. The van der Waals surface area contributed by atoms with E-state index in [2.05, 4.69) is 20.4 Å². The van der Waals surface area contributed by atoms with Crippen molar-refractivity contribution in [3.63, 3.8) is 0 Å². The number of hydrogen-bond acceptors (Lipinski definition) is 6. The fraction of sp³-hybridized carbons (Fsp3) is 0.130. The molecule has 3 aromatic rings. The molecule has 0 aliphatic rings. The van der Waals surface area contributed by atoms with Crippen LogP contribution < -0.4 is 15.4 Å². The Morgan fingerprint density at radius 3 is 2.39 bits per heavy atom. The van der Waals surface area contributed by atoms with E-state index in [0.29, 0.717) is 11.4 Å². The van der Waals surface area contributed by atoms with Gasteiger partial charge in [-0.05, 0) is 42.0 Å². The van der Waals surface area contributed by atoms with E-state index in [-0.39, 0.29) is 36.2 Å². The van der Waals surface area contributed by atoms with Gasteiger partial charge in [-0.3, -0.25) is 14.4 Å². The van der Waals surface area contributed by atoms with Crippen molar-refractivity contribution in [2.45, 2.75) is 6.42 Å². The summed E-state index contributed by atoms with van der Waals surface area (Å²) in [5.41, 5.74) is 1.57. The zero-order valence-corrected chi connectivity index (χ0v) is 16.8. The Kier molecular flexibility index (Phi) is 7.31. The molecule has 1 heterocycles. The number of para-hydroxylation sites is 1. The highest BCUT2D eigenvalue weighted by Gasteiger charge is 2.15. The van der Waals surface area contributed by atoms with Gasteiger partial charge < -0.3 is 20.1 Å². The molecule has 2 N–H and O–H groups in total. The van der Waals surface area contributed by atoms with Crippen molar-refractivity contribution >= 4 is 23.5 Å². The Bertz CT molecular complexity index is 1050. The lowest BCUT2D eigenvalue weighted by molar-refractivity contribution is -0.141. The van der Waals surface area contributed by atoms with Crippen LogP contribution in [0.15, 0.2) is 72.9 Å². The molecule has 1 aromatic heterocycles. The van der Waals surface area contributed by atoms with E-state index in [9.17, 15) is 14.4 Å². The molecule has 3 rings (SSSR count). The largest absolute Gasteiger partial charge is 0.468 e. The highest BCUT2D eigenvalue weighted by Crippen LogP contribution is 2.23. The number of carbonyl (C=O) groups excluding carboxylic acids is 3. The minimum Gasteiger partial charge on any atom is -0.468 e. The summed E-state index contributed by atoms with van der Waals surface area (Å²) in [6, 6.07) is 19.2. The number of nitrogens with zero attached hydrogens (tertiary/aromatic N) is 1. The minimum atomic E-state index is -0.516. The fourth-order valence-corrected chi connectivity index (χ4v) is 2.64. The van der Waals surface area contributed by atoms with Crippen molar-refractivity contribution in [2.75, 3.05) is 19.0 Å². The molecule has 0 saturated heterocycles. The van der Waals surface area contributed by atoms with Gasteiger partial charge in [0, 0.05) is 11.9 Å². The average Bonchev–Trinajstić information content (AvgIpc) is 2.79. The molecule has 8 heteroatoms. The number of methoxy groups -OCH3 is 1. The molecule has 0 atom stereocenters. The van der Waals surface area contributed by atoms with Gasteiger partial charge in [-0.2, -0.15) is 0 Å². The third-order valence-electron chi connectivity index (χ3n) is 4.21. The first-order valence-corrected chi connectivity index (χ1v) is 9.47. The van der Waals surface area contributed by atoms with Crippen LogP contribution >= 0.6 is 0 Å². The van der Waals surface area contributed by atoms with Gasteiger partial charge in [-0.25, -0.2) is 4.98 Å². The summed E-state index contributed by atoms with van der Waals surface area (Å²) in [4.78, 5) is 39.8. The van der Waals surface area contributed by atoms with Gasteiger partial charge in [-0.15, -0.1) is 0 Å². The molecule has 2 amide bonds. The first-order valence-electron chi connectivity index (χ1n) is 9.47. The smallest absolute Gasteiger partial charge is 0.325 e. The maximum Gasteiger partial charge on any atom is 0.325 e. The number of amides is 2. The van der Waals surface area contributed by atoms with E-state index in [1.807, 2.05) is 18.2 Å². The molecular weight excluding hydrogens is 398 g/mol. The molecule has 2 aromatic carbocycles. The maximum absolute atomic E-state index is 12.7. The number of benzene rings is 2. The van der Waals surface area contributed by atoms with Gasteiger partial charge in [0.25, 0.3) is 5.91 Å². The van der Waals surface area contributed by atoms with E-state index in [1.54, 1.807) is 54.7 Å². The molecule has 8 nitrogen and oxygen atoms in total. The van der Waals surface area contributed by atoms with Crippen LogP contribution in [0.1, 0.15) is 15.9 Å². The van der Waals surface area contributed by atoms with Crippen molar-refractivity contribution in [2.24, 2.45) is 0 Å². The third kappa shape index (κ3) is 6.40. The lowest BCUT2D eigenvalue weighted by Crippen LogP contribution is -2.31. The number of hydrogen-bond donors (Lipinski definition) is 2. The van der Waals surface area contributed by atoms with Crippen LogP contribution in [-0.4, -0.2) is 36.4 Å². The van der Waals surface area contributed by atoms with E-state index >= 15 is 0 Å². The zero-order chi connectivity index (χ0) is 22.1. The van der Waals surface area contributed by atoms with Crippen LogP contribution in [-0.2, 0) is 20.7 Å². The highest BCUT2D eigenvalue weighted by atomic mass is 16.5. The van der Waals surface area contributed by atoms with Gasteiger partial charge in [0.15, 0.2) is 0 Å². The van der Waals surface area contributed by atoms with Crippen LogP contribution in [0.5, 0.6) is 11.6 Å². The Morgan fingerprint density at radius 2 is 1.68 bits per heavy atom. The molecule has 0 saturated carbocycles. The normalized spacial score (nSPS) is 10.1. The molecule has 0 aliphatic heterocycles.